The molecule has 0 atom stereocenters. The van der Waals surface area contributed by atoms with E-state index in [9.17, 15) is 4.79 Å². The van der Waals surface area contributed by atoms with Gasteiger partial charge in [0.1, 0.15) is 5.82 Å². The van der Waals surface area contributed by atoms with Crippen molar-refractivity contribution in [3.8, 4) is 0 Å². The monoisotopic (exact) mass is 291 g/mol. The van der Waals surface area contributed by atoms with Gasteiger partial charge in [-0.2, -0.15) is 4.98 Å². The molecule has 0 saturated heterocycles. The summed E-state index contributed by atoms with van der Waals surface area (Å²) < 4.78 is 0. The zero-order valence-electron chi connectivity index (χ0n) is 13.0. The second kappa shape index (κ2) is 6.74. The standard InChI is InChI=1S/C15H25N5O/c1-9(2)18-14-12(13(16)21)8-17-15(20-14)19-11-6-4-10(3)5-7-11/h8-11H,4-7H2,1-3H3,(H2,16,21)(H2,17,18,19,20)/t10-,11-. The molecule has 0 bridgehead atoms. The summed E-state index contributed by atoms with van der Waals surface area (Å²) >= 11 is 0. The minimum Gasteiger partial charge on any atom is -0.367 e. The minimum absolute atomic E-state index is 0.168. The van der Waals surface area contributed by atoms with Crippen molar-refractivity contribution in [3.05, 3.63) is 11.8 Å². The van der Waals surface area contributed by atoms with Gasteiger partial charge in [0, 0.05) is 18.3 Å². The van der Waals surface area contributed by atoms with E-state index in [2.05, 4.69) is 27.5 Å². The van der Waals surface area contributed by atoms with Crippen LogP contribution in [0.15, 0.2) is 6.20 Å². The lowest BCUT2D eigenvalue weighted by Crippen LogP contribution is -2.27. The molecule has 4 N–H and O–H groups in total. The highest BCUT2D eigenvalue weighted by Gasteiger charge is 2.20. The first-order valence-electron chi connectivity index (χ1n) is 7.65. The molecule has 1 heterocycles. The van der Waals surface area contributed by atoms with E-state index in [1.165, 1.54) is 19.0 Å². The Balaban J connectivity index is 2.11. The maximum absolute atomic E-state index is 11.4. The van der Waals surface area contributed by atoms with Crippen molar-refractivity contribution in [2.45, 2.75) is 58.5 Å². The molecule has 0 radical (unpaired) electrons. The molecule has 21 heavy (non-hydrogen) atoms. The highest BCUT2D eigenvalue weighted by molar-refractivity contribution is 5.97. The third-order valence-electron chi connectivity index (χ3n) is 3.83. The Morgan fingerprint density at radius 2 is 2.00 bits per heavy atom. The van der Waals surface area contributed by atoms with Crippen LogP contribution in [0, 0.1) is 5.92 Å². The molecule has 2 rings (SSSR count). The number of rotatable bonds is 5. The molecule has 0 spiro atoms. The lowest BCUT2D eigenvalue weighted by molar-refractivity contribution is 0.100. The van der Waals surface area contributed by atoms with Crippen LogP contribution in [0.1, 0.15) is 56.8 Å². The number of hydrogen-bond donors (Lipinski definition) is 3. The number of nitrogens with one attached hydrogen (secondary N) is 2. The van der Waals surface area contributed by atoms with E-state index < -0.39 is 5.91 Å². The van der Waals surface area contributed by atoms with Crippen LogP contribution in [0.5, 0.6) is 0 Å². The number of amides is 1. The van der Waals surface area contributed by atoms with Crippen molar-refractivity contribution >= 4 is 17.7 Å². The Morgan fingerprint density at radius 3 is 2.57 bits per heavy atom. The van der Waals surface area contributed by atoms with E-state index >= 15 is 0 Å². The van der Waals surface area contributed by atoms with Crippen LogP contribution >= 0.6 is 0 Å². The number of carbonyl (C=O) groups is 1. The summed E-state index contributed by atoms with van der Waals surface area (Å²) in [5.41, 5.74) is 5.69. The van der Waals surface area contributed by atoms with Crippen molar-refractivity contribution in [2.75, 3.05) is 10.6 Å². The summed E-state index contributed by atoms with van der Waals surface area (Å²) in [6.45, 7) is 6.27. The van der Waals surface area contributed by atoms with Gasteiger partial charge < -0.3 is 16.4 Å². The predicted molar refractivity (Wildman–Crippen MR) is 84.4 cm³/mol. The van der Waals surface area contributed by atoms with E-state index in [1.54, 1.807) is 0 Å². The highest BCUT2D eigenvalue weighted by Crippen LogP contribution is 2.25. The van der Waals surface area contributed by atoms with E-state index in [0.29, 0.717) is 23.4 Å². The number of primary amides is 1. The largest absolute Gasteiger partial charge is 0.367 e. The maximum atomic E-state index is 11.4. The van der Waals surface area contributed by atoms with E-state index in [1.807, 2.05) is 13.8 Å². The number of carbonyl (C=O) groups excluding carboxylic acids is 1. The third kappa shape index (κ3) is 4.31. The number of anilines is 2. The Hall–Kier alpha value is -1.85. The lowest BCUT2D eigenvalue weighted by Gasteiger charge is -2.27. The Morgan fingerprint density at radius 1 is 1.33 bits per heavy atom. The van der Waals surface area contributed by atoms with E-state index in [4.69, 9.17) is 5.73 Å². The molecule has 1 aromatic heterocycles. The zero-order chi connectivity index (χ0) is 15.4. The van der Waals surface area contributed by atoms with Gasteiger partial charge in [-0.15, -0.1) is 0 Å². The van der Waals surface area contributed by atoms with Gasteiger partial charge in [0.15, 0.2) is 0 Å². The molecule has 1 fully saturated rings. The van der Waals surface area contributed by atoms with Gasteiger partial charge in [-0.25, -0.2) is 4.98 Å². The van der Waals surface area contributed by atoms with Gasteiger partial charge in [-0.3, -0.25) is 4.79 Å². The number of aromatic nitrogens is 2. The van der Waals surface area contributed by atoms with Gasteiger partial charge in [0.05, 0.1) is 5.56 Å². The zero-order valence-corrected chi connectivity index (χ0v) is 13.0. The average Bonchev–Trinajstić information content (AvgIpc) is 2.40. The molecule has 1 aliphatic rings. The Labute approximate surface area is 125 Å². The summed E-state index contributed by atoms with van der Waals surface area (Å²) in [5.74, 6) is 1.34. The van der Waals surface area contributed by atoms with Crippen LogP contribution in [0.25, 0.3) is 0 Å². The molecule has 0 aliphatic heterocycles. The van der Waals surface area contributed by atoms with Gasteiger partial charge in [-0.1, -0.05) is 6.92 Å². The molecule has 116 valence electrons. The lowest BCUT2D eigenvalue weighted by atomic mass is 9.87. The summed E-state index contributed by atoms with van der Waals surface area (Å²) in [7, 11) is 0. The van der Waals surface area contributed by atoms with Crippen LogP contribution < -0.4 is 16.4 Å². The van der Waals surface area contributed by atoms with Gasteiger partial charge in [0.2, 0.25) is 5.95 Å². The fourth-order valence-corrected chi connectivity index (χ4v) is 2.60. The van der Waals surface area contributed by atoms with Crippen LogP contribution in [-0.4, -0.2) is 28.0 Å². The summed E-state index contributed by atoms with van der Waals surface area (Å²) in [6.07, 6.45) is 6.22. The first-order valence-corrected chi connectivity index (χ1v) is 7.65. The van der Waals surface area contributed by atoms with Crippen LogP contribution in [0.4, 0.5) is 11.8 Å². The molecule has 1 aliphatic carbocycles. The predicted octanol–water partition coefficient (Wildman–Crippen LogP) is 2.39. The van der Waals surface area contributed by atoms with Gasteiger partial charge in [0.25, 0.3) is 5.91 Å². The molecule has 6 nitrogen and oxygen atoms in total. The molecule has 1 aromatic rings. The van der Waals surface area contributed by atoms with Crippen molar-refractivity contribution in [3.63, 3.8) is 0 Å². The van der Waals surface area contributed by atoms with Crippen molar-refractivity contribution < 1.29 is 4.79 Å². The summed E-state index contributed by atoms with van der Waals surface area (Å²) in [4.78, 5) is 20.1. The van der Waals surface area contributed by atoms with Crippen molar-refractivity contribution in [2.24, 2.45) is 11.7 Å². The third-order valence-corrected chi connectivity index (χ3v) is 3.83. The fourth-order valence-electron chi connectivity index (χ4n) is 2.60. The molecular formula is C15H25N5O. The molecule has 1 amide bonds. The number of nitrogens with two attached hydrogens (primary N) is 1. The second-order valence-corrected chi connectivity index (χ2v) is 6.22. The first kappa shape index (κ1) is 15.5. The van der Waals surface area contributed by atoms with Crippen LogP contribution in [-0.2, 0) is 0 Å². The van der Waals surface area contributed by atoms with Gasteiger partial charge >= 0.3 is 0 Å². The van der Waals surface area contributed by atoms with Crippen molar-refractivity contribution in [1.29, 1.82) is 0 Å². The molecule has 1 saturated carbocycles. The summed E-state index contributed by atoms with van der Waals surface area (Å²) in [6, 6.07) is 0.578. The van der Waals surface area contributed by atoms with E-state index in [-0.39, 0.29) is 6.04 Å². The van der Waals surface area contributed by atoms with Crippen LogP contribution in [0.2, 0.25) is 0 Å². The van der Waals surface area contributed by atoms with Gasteiger partial charge in [-0.05, 0) is 45.4 Å². The Kier molecular flexibility index (Phi) is 4.98. The molecule has 0 aromatic carbocycles. The summed E-state index contributed by atoms with van der Waals surface area (Å²) in [5, 5.41) is 6.51. The number of hydrogen-bond acceptors (Lipinski definition) is 5. The Bertz CT molecular complexity index is 495. The fraction of sp³-hybridized carbons (Fsp3) is 0.667. The van der Waals surface area contributed by atoms with Crippen molar-refractivity contribution in [1.82, 2.24) is 9.97 Å². The first-order chi connectivity index (χ1) is 9.95. The topological polar surface area (TPSA) is 92.9 Å². The minimum atomic E-state index is -0.517. The molecule has 6 heteroatoms. The normalized spacial score (nSPS) is 22.1. The van der Waals surface area contributed by atoms with Crippen LogP contribution in [0.3, 0.4) is 0 Å². The smallest absolute Gasteiger partial charge is 0.254 e. The maximum Gasteiger partial charge on any atom is 0.254 e. The second-order valence-electron chi connectivity index (χ2n) is 6.22. The molecule has 0 unspecified atom stereocenters. The highest BCUT2D eigenvalue weighted by atomic mass is 16.1. The number of nitrogens with zero attached hydrogens (tertiary/aromatic N) is 2. The SMILES string of the molecule is CC(C)Nc1nc(N[C@H]2CC[C@H](C)CC2)ncc1C(N)=O. The van der Waals surface area contributed by atoms with E-state index in [0.717, 1.165) is 18.8 Å². The average molecular weight is 291 g/mol. The quantitative estimate of drug-likeness (QED) is 0.774. The molecular weight excluding hydrogens is 266 g/mol.